The first-order chi connectivity index (χ1) is 13.1. The van der Waals surface area contributed by atoms with E-state index in [1.807, 2.05) is 0 Å². The van der Waals surface area contributed by atoms with Crippen molar-refractivity contribution in [1.29, 1.82) is 0 Å². The maximum Gasteiger partial charge on any atom is 0.416 e. The standard InChI is InChI=1S/C19H16F4N2O3/c1-12(28-16-9-7-15(20)8-10-16)18(27)25-24-17(26)11-4-13-2-5-14(6-3-13)19(21,22)23/h2-12H,1H3,(H,24,26)(H,25,27)/b11-4+/t12-/m0/s1. The van der Waals surface area contributed by atoms with Crippen LogP contribution in [0.1, 0.15) is 18.1 Å². The van der Waals surface area contributed by atoms with Crippen molar-refractivity contribution in [2.75, 3.05) is 0 Å². The van der Waals surface area contributed by atoms with Gasteiger partial charge in [-0.2, -0.15) is 13.2 Å². The third kappa shape index (κ3) is 6.42. The molecule has 0 saturated heterocycles. The van der Waals surface area contributed by atoms with Crippen LogP contribution in [0.3, 0.4) is 0 Å². The van der Waals surface area contributed by atoms with Crippen molar-refractivity contribution in [2.45, 2.75) is 19.2 Å². The lowest BCUT2D eigenvalue weighted by molar-refractivity contribution is -0.137. The minimum absolute atomic E-state index is 0.276. The number of hydrogen-bond acceptors (Lipinski definition) is 3. The lowest BCUT2D eigenvalue weighted by atomic mass is 10.1. The van der Waals surface area contributed by atoms with E-state index in [-0.39, 0.29) is 5.75 Å². The highest BCUT2D eigenvalue weighted by atomic mass is 19.4. The van der Waals surface area contributed by atoms with Gasteiger partial charge in [0.1, 0.15) is 11.6 Å². The number of hydrazine groups is 1. The van der Waals surface area contributed by atoms with Gasteiger partial charge < -0.3 is 4.74 Å². The molecule has 0 aromatic heterocycles. The van der Waals surface area contributed by atoms with Gasteiger partial charge in [0, 0.05) is 6.08 Å². The number of carbonyl (C=O) groups is 2. The molecule has 0 spiro atoms. The molecule has 2 aromatic rings. The molecule has 0 aliphatic heterocycles. The van der Waals surface area contributed by atoms with Gasteiger partial charge in [0.25, 0.3) is 11.8 Å². The van der Waals surface area contributed by atoms with Crippen LogP contribution in [0.15, 0.2) is 54.6 Å². The zero-order valence-corrected chi connectivity index (χ0v) is 14.6. The summed E-state index contributed by atoms with van der Waals surface area (Å²) in [4.78, 5) is 23.6. The molecular weight excluding hydrogens is 380 g/mol. The van der Waals surface area contributed by atoms with E-state index in [0.717, 1.165) is 18.2 Å². The number of carbonyl (C=O) groups excluding carboxylic acids is 2. The van der Waals surface area contributed by atoms with Gasteiger partial charge in [-0.15, -0.1) is 0 Å². The summed E-state index contributed by atoms with van der Waals surface area (Å²) < 4.78 is 55.6. The van der Waals surface area contributed by atoms with Gasteiger partial charge in [0.2, 0.25) is 0 Å². The molecule has 0 bridgehead atoms. The first-order valence-electron chi connectivity index (χ1n) is 8.02. The van der Waals surface area contributed by atoms with Crippen molar-refractivity contribution < 1.29 is 31.9 Å². The molecule has 0 heterocycles. The third-order valence-corrected chi connectivity index (χ3v) is 3.47. The zero-order chi connectivity index (χ0) is 20.7. The number of ether oxygens (including phenoxy) is 1. The van der Waals surface area contributed by atoms with Gasteiger partial charge >= 0.3 is 6.18 Å². The van der Waals surface area contributed by atoms with Crippen LogP contribution in [-0.2, 0) is 15.8 Å². The second kappa shape index (κ2) is 9.03. The van der Waals surface area contributed by atoms with Gasteiger partial charge in [-0.25, -0.2) is 4.39 Å². The molecule has 5 nitrogen and oxygen atoms in total. The molecule has 0 unspecified atom stereocenters. The highest BCUT2D eigenvalue weighted by molar-refractivity contribution is 5.93. The van der Waals surface area contributed by atoms with Crippen LogP contribution >= 0.6 is 0 Å². The Morgan fingerprint density at radius 2 is 1.61 bits per heavy atom. The molecule has 2 aromatic carbocycles. The Kier molecular flexibility index (Phi) is 6.75. The number of benzene rings is 2. The number of rotatable bonds is 5. The second-order valence-electron chi connectivity index (χ2n) is 5.65. The summed E-state index contributed by atoms with van der Waals surface area (Å²) in [7, 11) is 0. The highest BCUT2D eigenvalue weighted by Gasteiger charge is 2.29. The van der Waals surface area contributed by atoms with E-state index in [2.05, 4.69) is 10.9 Å². The molecular formula is C19H16F4N2O3. The number of alkyl halides is 3. The number of hydrogen-bond donors (Lipinski definition) is 2. The highest BCUT2D eigenvalue weighted by Crippen LogP contribution is 2.29. The Bertz CT molecular complexity index is 847. The van der Waals surface area contributed by atoms with Crippen LogP contribution in [0.5, 0.6) is 5.75 Å². The summed E-state index contributed by atoms with van der Waals surface area (Å²) in [6.45, 7) is 1.43. The minimum Gasteiger partial charge on any atom is -0.481 e. The predicted octanol–water partition coefficient (Wildman–Crippen LogP) is 3.47. The van der Waals surface area contributed by atoms with Crippen LogP contribution in [-0.4, -0.2) is 17.9 Å². The molecule has 148 valence electrons. The minimum atomic E-state index is -4.43. The summed E-state index contributed by atoms with van der Waals surface area (Å²) in [5.74, 6) is -1.52. The zero-order valence-electron chi connectivity index (χ0n) is 14.6. The Morgan fingerprint density at radius 1 is 1.00 bits per heavy atom. The van der Waals surface area contributed by atoms with E-state index in [1.54, 1.807) is 0 Å². The summed E-state index contributed by atoms with van der Waals surface area (Å²) in [6.07, 6.45) is -3.06. The van der Waals surface area contributed by atoms with Crippen molar-refractivity contribution in [3.05, 3.63) is 71.6 Å². The monoisotopic (exact) mass is 396 g/mol. The van der Waals surface area contributed by atoms with E-state index in [0.29, 0.717) is 5.56 Å². The first kappa shape index (κ1) is 20.9. The average Bonchev–Trinajstić information content (AvgIpc) is 2.65. The van der Waals surface area contributed by atoms with E-state index in [4.69, 9.17) is 4.74 Å². The molecule has 2 rings (SSSR count). The van der Waals surface area contributed by atoms with E-state index in [9.17, 15) is 27.2 Å². The molecule has 0 radical (unpaired) electrons. The summed E-state index contributed by atoms with van der Waals surface area (Å²) in [5.41, 5.74) is 3.84. The van der Waals surface area contributed by atoms with Crippen LogP contribution in [0.4, 0.5) is 17.6 Å². The van der Waals surface area contributed by atoms with Crippen molar-refractivity contribution in [2.24, 2.45) is 0 Å². The molecule has 0 aliphatic carbocycles. The Balaban J connectivity index is 1.81. The summed E-state index contributed by atoms with van der Waals surface area (Å²) >= 11 is 0. The fourth-order valence-electron chi connectivity index (χ4n) is 1.99. The lowest BCUT2D eigenvalue weighted by Crippen LogP contribution is -2.46. The van der Waals surface area contributed by atoms with Crippen LogP contribution in [0.25, 0.3) is 6.08 Å². The number of nitrogens with one attached hydrogen (secondary N) is 2. The number of halogens is 4. The van der Waals surface area contributed by atoms with Crippen LogP contribution < -0.4 is 15.6 Å². The maximum absolute atomic E-state index is 12.8. The smallest absolute Gasteiger partial charge is 0.416 e. The molecule has 1 atom stereocenters. The molecule has 0 fully saturated rings. The van der Waals surface area contributed by atoms with E-state index in [1.165, 1.54) is 49.4 Å². The maximum atomic E-state index is 12.8. The third-order valence-electron chi connectivity index (χ3n) is 3.47. The van der Waals surface area contributed by atoms with E-state index >= 15 is 0 Å². The fourth-order valence-corrected chi connectivity index (χ4v) is 1.99. The summed E-state index contributed by atoms with van der Waals surface area (Å²) in [5, 5.41) is 0. The van der Waals surface area contributed by atoms with Gasteiger partial charge in [0.15, 0.2) is 6.10 Å². The quantitative estimate of drug-likeness (QED) is 0.462. The van der Waals surface area contributed by atoms with Crippen LogP contribution in [0, 0.1) is 5.82 Å². The van der Waals surface area contributed by atoms with Gasteiger partial charge in [-0.05, 0) is 55.0 Å². The molecule has 2 N–H and O–H groups in total. The van der Waals surface area contributed by atoms with Crippen molar-refractivity contribution in [1.82, 2.24) is 10.9 Å². The molecule has 9 heteroatoms. The Labute approximate surface area is 158 Å². The number of amides is 2. The van der Waals surface area contributed by atoms with Gasteiger partial charge in [-0.1, -0.05) is 12.1 Å². The van der Waals surface area contributed by atoms with Gasteiger partial charge in [0.05, 0.1) is 5.56 Å². The SMILES string of the molecule is C[C@H](Oc1ccc(F)cc1)C(=O)NNC(=O)/C=C/c1ccc(C(F)(F)F)cc1. The Hall–Kier alpha value is -3.36. The Morgan fingerprint density at radius 3 is 2.18 bits per heavy atom. The first-order valence-corrected chi connectivity index (χ1v) is 8.02. The van der Waals surface area contributed by atoms with Crippen molar-refractivity contribution >= 4 is 17.9 Å². The topological polar surface area (TPSA) is 67.4 Å². The van der Waals surface area contributed by atoms with Gasteiger partial charge in [-0.3, -0.25) is 20.4 Å². The fraction of sp³-hybridized carbons (Fsp3) is 0.158. The molecule has 0 saturated carbocycles. The normalized spacial score (nSPS) is 12.5. The van der Waals surface area contributed by atoms with Crippen molar-refractivity contribution in [3.63, 3.8) is 0 Å². The van der Waals surface area contributed by atoms with E-state index < -0.39 is 35.5 Å². The second-order valence-corrected chi connectivity index (χ2v) is 5.65. The predicted molar refractivity (Wildman–Crippen MR) is 93.3 cm³/mol. The van der Waals surface area contributed by atoms with Crippen LogP contribution in [0.2, 0.25) is 0 Å². The summed E-state index contributed by atoms with van der Waals surface area (Å²) in [6, 6.07) is 9.27. The molecule has 28 heavy (non-hydrogen) atoms. The average molecular weight is 396 g/mol. The lowest BCUT2D eigenvalue weighted by Gasteiger charge is -2.14. The van der Waals surface area contributed by atoms with Crippen molar-refractivity contribution in [3.8, 4) is 5.75 Å². The largest absolute Gasteiger partial charge is 0.481 e. The molecule has 0 aliphatic rings. The molecule has 2 amide bonds.